The second-order valence-electron chi connectivity index (χ2n) is 13.5. The molecule has 3 aromatic rings. The van der Waals surface area contributed by atoms with E-state index in [4.69, 9.17) is 9.47 Å². The zero-order chi connectivity index (χ0) is 41.0. The van der Waals surface area contributed by atoms with E-state index in [2.05, 4.69) is 42.5 Å². The van der Waals surface area contributed by atoms with Gasteiger partial charge >= 0.3 is 0 Å². The first-order chi connectivity index (χ1) is 28.2. The molecule has 0 aromatic heterocycles. The van der Waals surface area contributed by atoms with E-state index in [-0.39, 0.29) is 76.0 Å². The highest BCUT2D eigenvalue weighted by Crippen LogP contribution is 2.14. The molecule has 0 saturated heterocycles. The van der Waals surface area contributed by atoms with Crippen molar-refractivity contribution in [3.8, 4) is 0 Å². The lowest BCUT2D eigenvalue weighted by atomic mass is 10.2. The maximum absolute atomic E-state index is 13.0. The summed E-state index contributed by atoms with van der Waals surface area (Å²) < 4.78 is 11.5. The van der Waals surface area contributed by atoms with Gasteiger partial charge in [0.15, 0.2) is 0 Å². The fourth-order valence-corrected chi connectivity index (χ4v) is 5.85. The maximum Gasteiger partial charge on any atom is 0.245 e. The van der Waals surface area contributed by atoms with Gasteiger partial charge in [-0.25, -0.2) is 0 Å². The third kappa shape index (κ3) is 14.7. The average molecular weight is 795 g/mol. The number of ether oxygens (including phenoxy) is 2. The van der Waals surface area contributed by atoms with Crippen molar-refractivity contribution in [1.29, 1.82) is 0 Å². The molecule has 58 heavy (non-hydrogen) atoms. The first-order valence-corrected chi connectivity index (χ1v) is 19.1. The number of carbonyl (C=O) groups excluding carboxylic acids is 6. The predicted octanol–water partition coefficient (Wildman–Crippen LogP) is 1.04. The molecule has 0 spiro atoms. The number of rotatable bonds is 22. The molecule has 2 aliphatic rings. The van der Waals surface area contributed by atoms with Crippen LogP contribution >= 0.6 is 0 Å². The largest absolute Gasteiger partial charge is 0.374 e. The lowest BCUT2D eigenvalue weighted by Crippen LogP contribution is -2.53. The number of carbonyl (C=O) groups is 6. The average Bonchev–Trinajstić information content (AvgIpc) is 3.98. The molecule has 8 N–H and O–H groups in total. The van der Waals surface area contributed by atoms with Crippen LogP contribution in [0.25, 0.3) is 0 Å². The summed E-state index contributed by atoms with van der Waals surface area (Å²) >= 11 is 0. The standard InChI is InChI=1S/C42H50N8O8/c51-37(19-23-45-39(53)35(49-41(55)33-13-7-21-43-33)27-57-25-29-9-3-1-4-10-29)47-31-15-17-32(18-16-31)48-38(52)20-24-46-40(54)36(50-42(56)34-14-8-22-44-34)28-58-26-30-11-5-2-6-12-30/h1-18,33-36,43-44H,19-28H2,(H,45,53)(H,46,54)(H,47,51)(H,48,52)(H,49,55)(H,50,56)/t33-,34-,35-,36-/m0/s1. The molecule has 0 fully saturated rings. The highest BCUT2D eigenvalue weighted by atomic mass is 16.5. The van der Waals surface area contributed by atoms with Gasteiger partial charge in [-0.15, -0.1) is 0 Å². The highest BCUT2D eigenvalue weighted by molar-refractivity contribution is 5.95. The summed E-state index contributed by atoms with van der Waals surface area (Å²) in [5.74, 6) is -2.39. The molecule has 16 nitrogen and oxygen atoms in total. The molecule has 4 atom stereocenters. The van der Waals surface area contributed by atoms with E-state index in [1.54, 1.807) is 36.4 Å². The summed E-state index contributed by atoms with van der Waals surface area (Å²) in [5.41, 5.74) is 2.80. The van der Waals surface area contributed by atoms with Crippen LogP contribution in [-0.2, 0) is 51.5 Å². The van der Waals surface area contributed by atoms with Gasteiger partial charge < -0.3 is 41.4 Å². The van der Waals surface area contributed by atoms with Crippen molar-refractivity contribution in [2.24, 2.45) is 0 Å². The van der Waals surface area contributed by atoms with Crippen molar-refractivity contribution in [1.82, 2.24) is 31.9 Å². The van der Waals surface area contributed by atoms with Crippen LogP contribution in [0.5, 0.6) is 0 Å². The number of hydrogen-bond acceptors (Lipinski definition) is 10. The lowest BCUT2D eigenvalue weighted by molar-refractivity contribution is -0.131. The van der Waals surface area contributed by atoms with Crippen LogP contribution in [0.3, 0.4) is 0 Å². The van der Waals surface area contributed by atoms with Crippen LogP contribution in [0.1, 0.15) is 24.0 Å². The molecule has 5 rings (SSSR count). The third-order valence-electron chi connectivity index (χ3n) is 8.95. The van der Waals surface area contributed by atoms with E-state index in [0.717, 1.165) is 11.1 Å². The van der Waals surface area contributed by atoms with Crippen molar-refractivity contribution in [2.45, 2.75) is 50.2 Å². The number of anilines is 2. The molecule has 0 bridgehead atoms. The maximum atomic E-state index is 13.0. The summed E-state index contributed by atoms with van der Waals surface area (Å²) in [6.45, 7) is 1.55. The van der Waals surface area contributed by atoms with Gasteiger partial charge in [0.2, 0.25) is 35.4 Å². The Kier molecular flexibility index (Phi) is 17.1. The smallest absolute Gasteiger partial charge is 0.245 e. The minimum Gasteiger partial charge on any atom is -0.374 e. The summed E-state index contributed by atoms with van der Waals surface area (Å²) in [6, 6.07) is 22.3. The number of nitrogens with one attached hydrogen (secondary N) is 8. The van der Waals surface area contributed by atoms with Crippen molar-refractivity contribution in [3.05, 3.63) is 120 Å². The van der Waals surface area contributed by atoms with Crippen LogP contribution in [-0.4, -0.2) is 99.0 Å². The van der Waals surface area contributed by atoms with E-state index >= 15 is 0 Å². The van der Waals surface area contributed by atoms with E-state index in [9.17, 15) is 28.8 Å². The highest BCUT2D eigenvalue weighted by Gasteiger charge is 2.27. The van der Waals surface area contributed by atoms with Crippen LogP contribution in [0.4, 0.5) is 11.4 Å². The minimum absolute atomic E-state index is 0.0187. The monoisotopic (exact) mass is 794 g/mol. The lowest BCUT2D eigenvalue weighted by Gasteiger charge is -2.20. The van der Waals surface area contributed by atoms with Gasteiger partial charge in [-0.2, -0.15) is 0 Å². The minimum atomic E-state index is -0.972. The molecule has 3 aromatic carbocycles. The molecule has 0 radical (unpaired) electrons. The zero-order valence-electron chi connectivity index (χ0n) is 32.0. The molecule has 6 amide bonds. The molecule has 16 heteroatoms. The summed E-state index contributed by atoms with van der Waals surface area (Å²) in [7, 11) is 0. The van der Waals surface area contributed by atoms with Crippen molar-refractivity contribution < 1.29 is 38.2 Å². The Labute approximate surface area is 337 Å². The van der Waals surface area contributed by atoms with E-state index in [1.807, 2.05) is 72.8 Å². The summed E-state index contributed by atoms with van der Waals surface area (Å²) in [5, 5.41) is 22.4. The Hall–Kier alpha value is -6.20. The second kappa shape index (κ2) is 23.1. The Morgan fingerprint density at radius 2 is 0.966 bits per heavy atom. The SMILES string of the molecule is O=C(CCNC(=O)[C@H](COCc1ccccc1)NC(=O)[C@@H]1C=CCN1)Nc1ccc(NC(=O)CCNC(=O)[C@H](COCc2ccccc2)NC(=O)[C@@H]2C=CCN2)cc1. The number of benzene rings is 3. The number of amides is 6. The van der Waals surface area contributed by atoms with Crippen LogP contribution in [0, 0.1) is 0 Å². The molecule has 306 valence electrons. The Morgan fingerprint density at radius 1 is 0.569 bits per heavy atom. The van der Waals surface area contributed by atoms with Crippen molar-refractivity contribution >= 4 is 46.8 Å². The molecular weight excluding hydrogens is 745 g/mol. The molecule has 2 aliphatic heterocycles. The van der Waals surface area contributed by atoms with Gasteiger partial charge in [0.05, 0.1) is 26.4 Å². The van der Waals surface area contributed by atoms with Gasteiger partial charge in [0, 0.05) is 50.4 Å². The first-order valence-electron chi connectivity index (χ1n) is 19.1. The van der Waals surface area contributed by atoms with Gasteiger partial charge in [-0.05, 0) is 35.4 Å². The molecule has 2 heterocycles. The third-order valence-corrected chi connectivity index (χ3v) is 8.95. The first kappa shape index (κ1) is 42.9. The van der Waals surface area contributed by atoms with E-state index in [1.165, 1.54) is 0 Å². The van der Waals surface area contributed by atoms with Crippen LogP contribution in [0.15, 0.2) is 109 Å². The van der Waals surface area contributed by atoms with E-state index < -0.39 is 36.0 Å². The number of hydrogen-bond donors (Lipinski definition) is 8. The van der Waals surface area contributed by atoms with E-state index in [0.29, 0.717) is 24.5 Å². The molecule has 0 saturated carbocycles. The fourth-order valence-electron chi connectivity index (χ4n) is 5.85. The topological polar surface area (TPSA) is 217 Å². The van der Waals surface area contributed by atoms with Gasteiger partial charge in [0.25, 0.3) is 0 Å². The quantitative estimate of drug-likeness (QED) is 0.0677. The summed E-state index contributed by atoms with van der Waals surface area (Å²) in [6.07, 6.45) is 7.04. The molecule has 0 aliphatic carbocycles. The zero-order valence-corrected chi connectivity index (χ0v) is 32.0. The molecular formula is C42H50N8O8. The van der Waals surface area contributed by atoms with Gasteiger partial charge in [-0.1, -0.05) is 85.0 Å². The van der Waals surface area contributed by atoms with Gasteiger partial charge in [0.1, 0.15) is 24.2 Å². The molecule has 0 unspecified atom stereocenters. The van der Waals surface area contributed by atoms with Gasteiger partial charge in [-0.3, -0.25) is 39.4 Å². The Bertz CT molecular complexity index is 1760. The Morgan fingerprint density at radius 3 is 1.33 bits per heavy atom. The van der Waals surface area contributed by atoms with Crippen LogP contribution in [0.2, 0.25) is 0 Å². The Balaban J connectivity index is 1.01. The second-order valence-corrected chi connectivity index (χ2v) is 13.5. The predicted molar refractivity (Wildman–Crippen MR) is 217 cm³/mol. The fraction of sp³-hybridized carbons (Fsp3) is 0.333. The van der Waals surface area contributed by atoms with Crippen LogP contribution < -0.4 is 42.5 Å². The normalized spacial score (nSPS) is 16.5. The van der Waals surface area contributed by atoms with Crippen molar-refractivity contribution in [2.75, 3.05) is 50.0 Å². The van der Waals surface area contributed by atoms with Crippen molar-refractivity contribution in [3.63, 3.8) is 0 Å². The summed E-state index contributed by atoms with van der Waals surface area (Å²) in [4.78, 5) is 76.8.